The summed E-state index contributed by atoms with van der Waals surface area (Å²) in [6, 6.07) is 7.99. The second-order valence-electron chi connectivity index (χ2n) is 2.04. The maximum absolute atomic E-state index is 8.71. The minimum Gasteiger partial charge on any atom is -0.349 e. The van der Waals surface area contributed by atoms with Gasteiger partial charge in [-0.2, -0.15) is 5.73 Å². The molecule has 1 rings (SSSR count). The first-order valence-corrected chi connectivity index (χ1v) is 2.86. The highest BCUT2D eigenvalue weighted by Crippen LogP contribution is 2.11. The van der Waals surface area contributed by atoms with Gasteiger partial charge in [0.15, 0.2) is 0 Å². The molecule has 1 radical (unpaired) electrons. The standard InChI is InChI=1S/C7H8NO2/c8-7(9,10)6-4-2-1-3-5-6/h1-5,8-10H. The van der Waals surface area contributed by atoms with Crippen molar-refractivity contribution in [3.05, 3.63) is 35.9 Å². The first kappa shape index (κ1) is 7.21. The van der Waals surface area contributed by atoms with Crippen molar-refractivity contribution in [1.29, 1.82) is 0 Å². The van der Waals surface area contributed by atoms with Gasteiger partial charge in [0.1, 0.15) is 0 Å². The number of benzene rings is 1. The van der Waals surface area contributed by atoms with Crippen molar-refractivity contribution in [3.8, 4) is 0 Å². The average Bonchev–Trinajstić information content (AvgIpc) is 1.88. The zero-order valence-corrected chi connectivity index (χ0v) is 5.28. The molecule has 0 aliphatic heterocycles. The van der Waals surface area contributed by atoms with Gasteiger partial charge in [0.2, 0.25) is 0 Å². The molecule has 0 atom stereocenters. The fourth-order valence-corrected chi connectivity index (χ4v) is 0.671. The van der Waals surface area contributed by atoms with Crippen molar-refractivity contribution >= 4 is 0 Å². The zero-order valence-electron chi connectivity index (χ0n) is 5.28. The summed E-state index contributed by atoms with van der Waals surface area (Å²) in [6.45, 7) is 0. The number of aliphatic hydroxyl groups is 2. The Balaban J connectivity index is 2.97. The van der Waals surface area contributed by atoms with E-state index < -0.39 is 5.91 Å². The van der Waals surface area contributed by atoms with Crippen molar-refractivity contribution in [2.75, 3.05) is 0 Å². The number of hydrogen-bond acceptors (Lipinski definition) is 2. The molecule has 0 fully saturated rings. The largest absolute Gasteiger partial charge is 0.349 e. The third-order valence-electron chi connectivity index (χ3n) is 1.18. The molecule has 0 heterocycles. The number of nitrogens with one attached hydrogen (secondary N) is 1. The highest BCUT2D eigenvalue weighted by atomic mass is 16.5. The lowest BCUT2D eigenvalue weighted by molar-refractivity contribution is -0.170. The van der Waals surface area contributed by atoms with Gasteiger partial charge in [0, 0.05) is 5.56 Å². The third-order valence-corrected chi connectivity index (χ3v) is 1.18. The lowest BCUT2D eigenvalue weighted by Crippen LogP contribution is -2.25. The van der Waals surface area contributed by atoms with Crippen molar-refractivity contribution in [2.45, 2.75) is 5.91 Å². The number of hydrogen-bond donors (Lipinski definition) is 2. The normalized spacial score (nSPS) is 11.5. The summed E-state index contributed by atoms with van der Waals surface area (Å²) in [7, 11) is 0. The lowest BCUT2D eigenvalue weighted by atomic mass is 10.2. The Morgan fingerprint density at radius 3 is 1.90 bits per heavy atom. The van der Waals surface area contributed by atoms with Crippen LogP contribution in [0.1, 0.15) is 5.56 Å². The van der Waals surface area contributed by atoms with Crippen LogP contribution in [0.5, 0.6) is 0 Å². The van der Waals surface area contributed by atoms with E-state index in [1.165, 1.54) is 12.1 Å². The smallest absolute Gasteiger partial charge is 0.263 e. The topological polar surface area (TPSA) is 64.3 Å². The van der Waals surface area contributed by atoms with Crippen LogP contribution >= 0.6 is 0 Å². The molecule has 1 aromatic rings. The number of rotatable bonds is 1. The monoisotopic (exact) mass is 138 g/mol. The Kier molecular flexibility index (Phi) is 1.72. The van der Waals surface area contributed by atoms with Crippen LogP contribution in [0, 0.1) is 0 Å². The lowest BCUT2D eigenvalue weighted by Gasteiger charge is -2.13. The van der Waals surface area contributed by atoms with E-state index in [0.29, 0.717) is 0 Å². The highest BCUT2D eigenvalue weighted by molar-refractivity contribution is 5.17. The molecule has 53 valence electrons. The second-order valence-corrected chi connectivity index (χ2v) is 2.04. The summed E-state index contributed by atoms with van der Waals surface area (Å²) in [6.07, 6.45) is 0. The van der Waals surface area contributed by atoms with Crippen molar-refractivity contribution < 1.29 is 10.2 Å². The molecule has 3 nitrogen and oxygen atoms in total. The molecule has 3 heteroatoms. The van der Waals surface area contributed by atoms with E-state index in [1.807, 2.05) is 0 Å². The molecular weight excluding hydrogens is 130 g/mol. The molecule has 3 N–H and O–H groups in total. The molecule has 0 saturated heterocycles. The molecule has 0 spiro atoms. The van der Waals surface area contributed by atoms with Crippen LogP contribution in [0.2, 0.25) is 0 Å². The van der Waals surface area contributed by atoms with Gasteiger partial charge < -0.3 is 10.2 Å². The third kappa shape index (κ3) is 1.54. The van der Waals surface area contributed by atoms with E-state index in [0.717, 1.165) is 0 Å². The molecule has 0 aromatic heterocycles. The van der Waals surface area contributed by atoms with Crippen LogP contribution in [0.4, 0.5) is 0 Å². The van der Waals surface area contributed by atoms with Crippen LogP contribution in [-0.2, 0) is 5.91 Å². The minimum atomic E-state index is -2.46. The molecule has 0 bridgehead atoms. The summed E-state index contributed by atoms with van der Waals surface area (Å²) < 4.78 is 0. The van der Waals surface area contributed by atoms with Gasteiger partial charge in [-0.3, -0.25) is 0 Å². The summed E-state index contributed by atoms with van der Waals surface area (Å²) >= 11 is 0. The Morgan fingerprint density at radius 2 is 1.60 bits per heavy atom. The van der Waals surface area contributed by atoms with Crippen molar-refractivity contribution in [3.63, 3.8) is 0 Å². The van der Waals surface area contributed by atoms with Crippen LogP contribution in [-0.4, -0.2) is 10.2 Å². The van der Waals surface area contributed by atoms with Crippen LogP contribution in [0.15, 0.2) is 30.3 Å². The molecule has 1 aromatic carbocycles. The van der Waals surface area contributed by atoms with E-state index in [2.05, 4.69) is 0 Å². The van der Waals surface area contributed by atoms with E-state index in [4.69, 9.17) is 15.9 Å². The van der Waals surface area contributed by atoms with E-state index >= 15 is 0 Å². The van der Waals surface area contributed by atoms with Crippen LogP contribution in [0.25, 0.3) is 0 Å². The van der Waals surface area contributed by atoms with Gasteiger partial charge in [-0.05, 0) is 0 Å². The molecule has 0 unspecified atom stereocenters. The summed E-state index contributed by atoms with van der Waals surface area (Å²) in [5.74, 6) is -2.46. The fourth-order valence-electron chi connectivity index (χ4n) is 0.671. The van der Waals surface area contributed by atoms with Gasteiger partial charge in [-0.15, -0.1) is 0 Å². The van der Waals surface area contributed by atoms with E-state index in [-0.39, 0.29) is 5.56 Å². The van der Waals surface area contributed by atoms with E-state index in [9.17, 15) is 0 Å². The van der Waals surface area contributed by atoms with Crippen molar-refractivity contribution in [1.82, 2.24) is 5.73 Å². The SMILES string of the molecule is [NH]C(O)(O)c1ccccc1. The highest BCUT2D eigenvalue weighted by Gasteiger charge is 2.18. The first-order chi connectivity index (χ1) is 4.61. The van der Waals surface area contributed by atoms with Gasteiger partial charge in [0.05, 0.1) is 0 Å². The van der Waals surface area contributed by atoms with Gasteiger partial charge in [0.25, 0.3) is 5.91 Å². The summed E-state index contributed by atoms with van der Waals surface area (Å²) in [5, 5.41) is 17.4. The van der Waals surface area contributed by atoms with Gasteiger partial charge in [-0.1, -0.05) is 30.3 Å². The van der Waals surface area contributed by atoms with Crippen LogP contribution < -0.4 is 5.73 Å². The van der Waals surface area contributed by atoms with E-state index in [1.54, 1.807) is 18.2 Å². The molecular formula is C7H8NO2. The zero-order chi connectivity index (χ0) is 7.61. The van der Waals surface area contributed by atoms with Gasteiger partial charge in [-0.25, -0.2) is 0 Å². The quantitative estimate of drug-likeness (QED) is 0.539. The summed E-state index contributed by atoms with van der Waals surface area (Å²) in [5.41, 5.74) is 6.96. The minimum absolute atomic E-state index is 0.176. The maximum Gasteiger partial charge on any atom is 0.263 e. The fraction of sp³-hybridized carbons (Fsp3) is 0.143. The second kappa shape index (κ2) is 2.38. The molecule has 10 heavy (non-hydrogen) atoms. The Labute approximate surface area is 58.7 Å². The molecule has 0 aliphatic carbocycles. The average molecular weight is 138 g/mol. The Hall–Kier alpha value is -0.900. The van der Waals surface area contributed by atoms with Gasteiger partial charge >= 0.3 is 0 Å². The summed E-state index contributed by atoms with van der Waals surface area (Å²) in [4.78, 5) is 0. The predicted octanol–water partition coefficient (Wildman–Crippen LogP) is 0.0644. The maximum atomic E-state index is 8.71. The first-order valence-electron chi connectivity index (χ1n) is 2.86. The Morgan fingerprint density at radius 1 is 1.10 bits per heavy atom. The molecule has 0 amide bonds. The molecule has 0 aliphatic rings. The predicted molar refractivity (Wildman–Crippen MR) is 35.7 cm³/mol. The van der Waals surface area contributed by atoms with Crippen molar-refractivity contribution in [2.24, 2.45) is 0 Å². The van der Waals surface area contributed by atoms with Crippen LogP contribution in [0.3, 0.4) is 0 Å². The molecule has 0 saturated carbocycles. The Bertz CT molecular complexity index is 203.